The van der Waals surface area contributed by atoms with Gasteiger partial charge in [-0.25, -0.2) is 5.10 Å². The van der Waals surface area contributed by atoms with Crippen molar-refractivity contribution in [1.82, 2.24) is 15.2 Å². The van der Waals surface area contributed by atoms with Crippen LogP contribution in [-0.2, 0) is 0 Å². The number of nitrogens with zero attached hydrogens (tertiary/aromatic N) is 1. The lowest BCUT2D eigenvalue weighted by molar-refractivity contribution is -0.0516. The normalized spacial score (nSPS) is 16.9. The van der Waals surface area contributed by atoms with Crippen LogP contribution in [0, 0.1) is 0 Å². The van der Waals surface area contributed by atoms with Gasteiger partial charge in [0.25, 0.3) is 5.56 Å². The first-order valence-corrected chi connectivity index (χ1v) is 8.95. The van der Waals surface area contributed by atoms with Crippen molar-refractivity contribution in [3.05, 3.63) is 40.3 Å². The minimum absolute atomic E-state index is 0.0178. The van der Waals surface area contributed by atoms with Gasteiger partial charge in [0.2, 0.25) is 0 Å². The van der Waals surface area contributed by atoms with Crippen LogP contribution in [0.5, 0.6) is 11.5 Å². The van der Waals surface area contributed by atoms with Gasteiger partial charge in [-0.05, 0) is 55.4 Å². The second-order valence-corrected chi connectivity index (χ2v) is 7.03. The lowest BCUT2D eigenvalue weighted by Gasteiger charge is -2.13. The van der Waals surface area contributed by atoms with Gasteiger partial charge in [0.15, 0.2) is 11.5 Å². The number of alkyl halides is 2. The zero-order chi connectivity index (χ0) is 18.5. The van der Waals surface area contributed by atoms with E-state index in [9.17, 15) is 13.6 Å². The van der Waals surface area contributed by atoms with Gasteiger partial charge in [-0.2, -0.15) is 13.9 Å². The number of hydrogen-bond acceptors (Lipinski definition) is 4. The molecular weight excluding hydrogens is 356 g/mol. The summed E-state index contributed by atoms with van der Waals surface area (Å²) in [6.07, 6.45) is 5.46. The molecule has 8 heteroatoms. The van der Waals surface area contributed by atoms with Crippen molar-refractivity contribution in [3.63, 3.8) is 0 Å². The number of nitrogens with one attached hydrogen (secondary N) is 2. The summed E-state index contributed by atoms with van der Waals surface area (Å²) in [7, 11) is 0. The van der Waals surface area contributed by atoms with Crippen LogP contribution in [0.1, 0.15) is 37.2 Å². The first-order valence-electron chi connectivity index (χ1n) is 8.95. The van der Waals surface area contributed by atoms with Crippen LogP contribution < -0.4 is 15.0 Å². The highest BCUT2D eigenvalue weighted by Gasteiger charge is 2.32. The second-order valence-electron chi connectivity index (χ2n) is 7.03. The van der Waals surface area contributed by atoms with E-state index in [0.717, 1.165) is 42.5 Å². The lowest BCUT2D eigenvalue weighted by atomic mass is 10.0. The Morgan fingerprint density at radius 1 is 1.15 bits per heavy atom. The summed E-state index contributed by atoms with van der Waals surface area (Å²) in [5, 5.41) is 6.95. The molecule has 2 heterocycles. The summed E-state index contributed by atoms with van der Waals surface area (Å²) < 4.78 is 35.8. The summed E-state index contributed by atoms with van der Waals surface area (Å²) >= 11 is 0. The van der Waals surface area contributed by atoms with Gasteiger partial charge in [-0.3, -0.25) is 4.79 Å². The van der Waals surface area contributed by atoms with E-state index >= 15 is 0 Å². The minimum atomic E-state index is -2.92. The Labute approximate surface area is 152 Å². The Morgan fingerprint density at radius 2 is 1.96 bits per heavy atom. The van der Waals surface area contributed by atoms with E-state index in [2.05, 4.69) is 19.9 Å². The number of halogens is 2. The van der Waals surface area contributed by atoms with Crippen LogP contribution in [0.2, 0.25) is 0 Å². The molecule has 2 aromatic heterocycles. The molecule has 6 nitrogen and oxygen atoms in total. The van der Waals surface area contributed by atoms with Crippen molar-refractivity contribution in [2.24, 2.45) is 0 Å². The number of benzene rings is 1. The molecule has 2 aliphatic carbocycles. The third kappa shape index (κ3) is 3.05. The van der Waals surface area contributed by atoms with Crippen molar-refractivity contribution in [2.75, 3.05) is 0 Å². The van der Waals surface area contributed by atoms with Crippen LogP contribution in [0.25, 0.3) is 22.2 Å². The number of ether oxygens (including phenoxy) is 2. The molecular formula is C19H17F2N3O3. The molecule has 0 spiro atoms. The van der Waals surface area contributed by atoms with E-state index in [4.69, 9.17) is 4.74 Å². The Bertz CT molecular complexity index is 1070. The zero-order valence-corrected chi connectivity index (χ0v) is 14.3. The van der Waals surface area contributed by atoms with Crippen LogP contribution in [0.3, 0.4) is 0 Å². The highest BCUT2D eigenvalue weighted by molar-refractivity contribution is 5.91. The SMILES string of the molecule is O=c1[nH]ncc2[nH]c(-c3ccc(OC(F)F)c(OC4CC4)c3)c(C3CC3)c12. The van der Waals surface area contributed by atoms with E-state index in [1.165, 1.54) is 6.07 Å². The predicted molar refractivity (Wildman–Crippen MR) is 94.4 cm³/mol. The predicted octanol–water partition coefficient (Wildman–Crippen LogP) is 3.94. The molecule has 0 aliphatic heterocycles. The fraction of sp³-hybridized carbons (Fsp3) is 0.368. The van der Waals surface area contributed by atoms with E-state index in [1.54, 1.807) is 18.3 Å². The molecule has 2 fully saturated rings. The smallest absolute Gasteiger partial charge is 0.387 e. The van der Waals surface area contributed by atoms with Gasteiger partial charge in [-0.15, -0.1) is 0 Å². The Morgan fingerprint density at radius 3 is 2.67 bits per heavy atom. The summed E-state index contributed by atoms with van der Waals surface area (Å²) in [5.41, 5.74) is 2.95. The van der Waals surface area contributed by atoms with Gasteiger partial charge in [0.05, 0.1) is 28.9 Å². The average molecular weight is 373 g/mol. The van der Waals surface area contributed by atoms with Crippen molar-refractivity contribution < 1.29 is 18.3 Å². The number of rotatable bonds is 6. The first kappa shape index (κ1) is 16.3. The molecule has 2 N–H and O–H groups in total. The molecule has 27 heavy (non-hydrogen) atoms. The van der Waals surface area contributed by atoms with Crippen molar-refractivity contribution in [3.8, 4) is 22.8 Å². The van der Waals surface area contributed by atoms with Crippen molar-refractivity contribution in [1.29, 1.82) is 0 Å². The topological polar surface area (TPSA) is 80.0 Å². The second kappa shape index (κ2) is 6.07. The van der Waals surface area contributed by atoms with Gasteiger partial charge in [-0.1, -0.05) is 0 Å². The van der Waals surface area contributed by atoms with E-state index < -0.39 is 6.61 Å². The maximum atomic E-state index is 12.7. The summed E-state index contributed by atoms with van der Waals surface area (Å²) in [5.74, 6) is 0.619. The highest BCUT2D eigenvalue weighted by Crippen LogP contribution is 2.48. The van der Waals surface area contributed by atoms with E-state index in [0.29, 0.717) is 22.6 Å². The molecule has 0 unspecified atom stereocenters. The molecule has 5 rings (SSSR count). The van der Waals surface area contributed by atoms with Crippen molar-refractivity contribution >= 4 is 10.9 Å². The van der Waals surface area contributed by atoms with Crippen LogP contribution >= 0.6 is 0 Å². The minimum Gasteiger partial charge on any atom is -0.487 e. The first-order chi connectivity index (χ1) is 13.1. The zero-order valence-electron chi connectivity index (χ0n) is 14.3. The number of fused-ring (bicyclic) bond motifs is 1. The fourth-order valence-electron chi connectivity index (χ4n) is 3.41. The van der Waals surface area contributed by atoms with Gasteiger partial charge in [0.1, 0.15) is 0 Å². The molecule has 140 valence electrons. The van der Waals surface area contributed by atoms with E-state index in [1.807, 2.05) is 0 Å². The molecule has 0 saturated heterocycles. The monoisotopic (exact) mass is 373 g/mol. The summed E-state index contributed by atoms with van der Waals surface area (Å²) in [4.78, 5) is 15.6. The maximum Gasteiger partial charge on any atom is 0.387 e. The molecule has 1 aromatic carbocycles. The van der Waals surface area contributed by atoms with Gasteiger partial charge in [0, 0.05) is 5.56 Å². The lowest BCUT2D eigenvalue weighted by Crippen LogP contribution is -2.07. The summed E-state index contributed by atoms with van der Waals surface area (Å²) in [6.45, 7) is -2.92. The molecule has 0 amide bonds. The third-order valence-corrected chi connectivity index (χ3v) is 4.91. The van der Waals surface area contributed by atoms with Crippen LogP contribution in [0.4, 0.5) is 8.78 Å². The average Bonchev–Trinajstić information content (AvgIpc) is 3.55. The quantitative estimate of drug-likeness (QED) is 0.686. The van der Waals surface area contributed by atoms with Gasteiger partial charge < -0.3 is 14.5 Å². The molecule has 3 aromatic rings. The van der Waals surface area contributed by atoms with E-state index in [-0.39, 0.29) is 17.4 Å². The Balaban J connectivity index is 1.65. The molecule has 0 radical (unpaired) electrons. The Kier molecular flexibility index (Phi) is 3.66. The maximum absolute atomic E-state index is 12.7. The molecule has 0 atom stereocenters. The fourth-order valence-corrected chi connectivity index (χ4v) is 3.41. The highest BCUT2D eigenvalue weighted by atomic mass is 19.3. The number of H-pyrrole nitrogens is 2. The number of aromatic nitrogens is 3. The standard InChI is InChI=1S/C19H17F2N3O3/c20-19(21)27-13-6-3-10(7-14(13)26-11-4-5-11)17-15(9-1-2-9)16-12(23-17)8-22-24-18(16)25/h3,6-9,11,19,23H,1-2,4-5H2,(H,24,25). The summed E-state index contributed by atoms with van der Waals surface area (Å²) in [6, 6.07) is 4.90. The molecule has 2 saturated carbocycles. The Hall–Kier alpha value is -2.90. The number of aromatic amines is 2. The van der Waals surface area contributed by atoms with Gasteiger partial charge >= 0.3 is 6.61 Å². The van der Waals surface area contributed by atoms with Crippen molar-refractivity contribution in [2.45, 2.75) is 44.3 Å². The largest absolute Gasteiger partial charge is 0.487 e. The molecule has 2 aliphatic rings. The van der Waals surface area contributed by atoms with Crippen LogP contribution in [-0.4, -0.2) is 27.9 Å². The van der Waals surface area contributed by atoms with Crippen LogP contribution in [0.15, 0.2) is 29.2 Å². The molecule has 0 bridgehead atoms. The number of hydrogen-bond donors (Lipinski definition) is 2. The third-order valence-electron chi connectivity index (χ3n) is 4.91.